The average molecular weight is 551 g/mol. The Labute approximate surface area is 241 Å². The van der Waals surface area contributed by atoms with Crippen molar-refractivity contribution in [2.75, 3.05) is 0 Å². The van der Waals surface area contributed by atoms with Crippen LogP contribution in [0.2, 0.25) is 0 Å². The summed E-state index contributed by atoms with van der Waals surface area (Å²) < 4.78 is 0. The van der Waals surface area contributed by atoms with Gasteiger partial charge in [-0.15, -0.1) is 9.78 Å². The maximum atomic E-state index is 12.6. The van der Waals surface area contributed by atoms with Crippen LogP contribution in [0.15, 0.2) is 109 Å². The van der Waals surface area contributed by atoms with Gasteiger partial charge in [-0.1, -0.05) is 124 Å². The van der Waals surface area contributed by atoms with E-state index in [9.17, 15) is 9.59 Å². The van der Waals surface area contributed by atoms with Crippen LogP contribution in [0.3, 0.4) is 0 Å². The van der Waals surface area contributed by atoms with E-state index in [1.54, 1.807) is 24.3 Å². The highest BCUT2D eigenvalue weighted by atomic mass is 17.3. The van der Waals surface area contributed by atoms with Crippen molar-refractivity contribution in [3.05, 3.63) is 134 Å². The van der Waals surface area contributed by atoms with Gasteiger partial charge in [-0.05, 0) is 52.9 Å². The molecule has 0 atom stereocenters. The van der Waals surface area contributed by atoms with Crippen molar-refractivity contribution < 1.29 is 29.1 Å². The molecule has 0 bridgehead atoms. The minimum absolute atomic E-state index is 0.106. The zero-order valence-corrected chi connectivity index (χ0v) is 23.0. The van der Waals surface area contributed by atoms with Gasteiger partial charge in [0.05, 0.1) is 11.1 Å². The van der Waals surface area contributed by atoms with Crippen LogP contribution in [0.25, 0.3) is 22.3 Å². The third kappa shape index (κ3) is 9.41. The summed E-state index contributed by atoms with van der Waals surface area (Å²) in [5.74, 6) is -1.38. The molecule has 2 radical (unpaired) electrons. The Morgan fingerprint density at radius 3 is 1.29 bits per heavy atom. The molecule has 0 aliphatic heterocycles. The first-order valence-corrected chi connectivity index (χ1v) is 13.9. The highest BCUT2D eigenvalue weighted by Crippen LogP contribution is 2.23. The van der Waals surface area contributed by atoms with Crippen molar-refractivity contribution in [1.82, 2.24) is 0 Å². The van der Waals surface area contributed by atoms with Gasteiger partial charge in [0.15, 0.2) is 0 Å². The SMILES string of the molecule is [CH2]CCCCCCC[C](OOC(=O)c1ccc(-c2ccccc2)cc1)OOC(=O)c1ccc(-c2ccccc2)cc1. The summed E-state index contributed by atoms with van der Waals surface area (Å²) >= 11 is 0. The topological polar surface area (TPSA) is 71.1 Å². The first kappa shape index (κ1) is 29.7. The number of carbonyl (C=O) groups excluding carboxylic acids is 2. The number of hydrogen-bond acceptors (Lipinski definition) is 6. The molecule has 210 valence electrons. The van der Waals surface area contributed by atoms with Gasteiger partial charge >= 0.3 is 18.2 Å². The molecule has 41 heavy (non-hydrogen) atoms. The number of rotatable bonds is 15. The fraction of sp³-hybridized carbons (Fsp3) is 0.200. The van der Waals surface area contributed by atoms with E-state index >= 15 is 0 Å². The second kappa shape index (κ2) is 16.1. The Bertz CT molecular complexity index is 1240. The standard InChI is InChI=1S/C35H34O6/c1-2-3-4-5-6-13-18-33(38-40-34(36)31-23-19-29(20-24-31)27-14-9-7-10-15-27)39-41-35(37)32-25-21-30(22-26-32)28-16-11-8-12-17-28/h7-12,14-17,19-26H,1-6,13,18H2. The maximum Gasteiger partial charge on any atom is 0.373 e. The molecule has 0 spiro atoms. The van der Waals surface area contributed by atoms with Crippen molar-refractivity contribution in [2.45, 2.75) is 44.9 Å². The molecule has 4 aromatic rings. The van der Waals surface area contributed by atoms with Gasteiger partial charge in [-0.2, -0.15) is 0 Å². The second-order valence-corrected chi connectivity index (χ2v) is 9.54. The molecule has 0 fully saturated rings. The lowest BCUT2D eigenvalue weighted by Crippen LogP contribution is -2.16. The molecule has 0 saturated heterocycles. The molecule has 0 aliphatic carbocycles. The van der Waals surface area contributed by atoms with Crippen molar-refractivity contribution in [2.24, 2.45) is 0 Å². The first-order chi connectivity index (χ1) is 20.1. The van der Waals surface area contributed by atoms with Crippen LogP contribution in [-0.4, -0.2) is 11.9 Å². The molecular formula is C35H34O6. The number of carbonyl (C=O) groups is 2. The minimum atomic E-state index is -0.691. The monoisotopic (exact) mass is 550 g/mol. The Kier molecular flexibility index (Phi) is 11.7. The van der Waals surface area contributed by atoms with Crippen LogP contribution in [0.1, 0.15) is 65.7 Å². The van der Waals surface area contributed by atoms with Gasteiger partial charge in [0, 0.05) is 6.42 Å². The maximum absolute atomic E-state index is 12.6. The van der Waals surface area contributed by atoms with E-state index in [1.807, 2.05) is 84.9 Å². The van der Waals surface area contributed by atoms with E-state index in [2.05, 4.69) is 6.92 Å². The van der Waals surface area contributed by atoms with Crippen LogP contribution in [0, 0.1) is 13.2 Å². The summed E-state index contributed by atoms with van der Waals surface area (Å²) in [6, 6.07) is 33.7. The van der Waals surface area contributed by atoms with Crippen molar-refractivity contribution in [3.63, 3.8) is 0 Å². The van der Waals surface area contributed by atoms with Crippen molar-refractivity contribution >= 4 is 11.9 Å². The van der Waals surface area contributed by atoms with E-state index in [1.165, 1.54) is 0 Å². The summed E-state index contributed by atoms with van der Waals surface area (Å²) in [4.78, 5) is 45.8. The first-order valence-electron chi connectivity index (χ1n) is 13.9. The molecule has 0 amide bonds. The lowest BCUT2D eigenvalue weighted by molar-refractivity contribution is -0.363. The van der Waals surface area contributed by atoms with Crippen LogP contribution >= 0.6 is 0 Å². The van der Waals surface area contributed by atoms with Gasteiger partial charge in [0.2, 0.25) is 0 Å². The van der Waals surface area contributed by atoms with Crippen LogP contribution in [0.5, 0.6) is 0 Å². The zero-order valence-electron chi connectivity index (χ0n) is 23.0. The van der Waals surface area contributed by atoms with Gasteiger partial charge in [0.1, 0.15) is 0 Å². The van der Waals surface area contributed by atoms with Crippen LogP contribution in [-0.2, 0) is 19.6 Å². The predicted octanol–water partition coefficient (Wildman–Crippen LogP) is 8.95. The molecule has 0 aromatic heterocycles. The molecule has 4 aromatic carbocycles. The lowest BCUT2D eigenvalue weighted by atomic mass is 10.0. The molecule has 0 unspecified atom stereocenters. The summed E-state index contributed by atoms with van der Waals surface area (Å²) in [6.45, 7) is 3.86. The number of unbranched alkanes of at least 4 members (excludes halogenated alkanes) is 5. The summed E-state index contributed by atoms with van der Waals surface area (Å²) in [7, 11) is 0. The number of benzene rings is 4. The molecule has 0 saturated carbocycles. The Morgan fingerprint density at radius 1 is 0.463 bits per heavy atom. The highest BCUT2D eigenvalue weighted by molar-refractivity contribution is 5.90. The predicted molar refractivity (Wildman–Crippen MR) is 158 cm³/mol. The highest BCUT2D eigenvalue weighted by Gasteiger charge is 2.21. The third-order valence-corrected chi connectivity index (χ3v) is 6.51. The summed E-state index contributed by atoms with van der Waals surface area (Å²) in [5, 5.41) is 0. The second-order valence-electron chi connectivity index (χ2n) is 9.54. The molecule has 0 N–H and O–H groups in total. The smallest absolute Gasteiger partial charge is 0.289 e. The van der Waals surface area contributed by atoms with Gasteiger partial charge in [0.25, 0.3) is 0 Å². The van der Waals surface area contributed by atoms with Crippen molar-refractivity contribution in [3.8, 4) is 22.3 Å². The fourth-order valence-corrected chi connectivity index (χ4v) is 4.20. The largest absolute Gasteiger partial charge is 0.373 e. The molecule has 6 heteroatoms. The normalized spacial score (nSPS) is 10.9. The third-order valence-electron chi connectivity index (χ3n) is 6.51. The molecule has 4 rings (SSSR count). The van der Waals surface area contributed by atoms with Gasteiger partial charge < -0.3 is 0 Å². The molecule has 0 heterocycles. The van der Waals surface area contributed by atoms with Crippen molar-refractivity contribution in [1.29, 1.82) is 0 Å². The lowest BCUT2D eigenvalue weighted by Gasteiger charge is -2.14. The van der Waals surface area contributed by atoms with Gasteiger partial charge in [-0.25, -0.2) is 9.59 Å². The van der Waals surface area contributed by atoms with E-state index in [0.29, 0.717) is 24.0 Å². The van der Waals surface area contributed by atoms with Crippen LogP contribution in [0.4, 0.5) is 0 Å². The molecule has 0 aliphatic rings. The van der Waals surface area contributed by atoms with Gasteiger partial charge in [-0.3, -0.25) is 9.78 Å². The number of hydrogen-bond donors (Lipinski definition) is 0. The Balaban J connectivity index is 1.31. The van der Waals surface area contributed by atoms with Crippen LogP contribution < -0.4 is 0 Å². The Hall–Kier alpha value is -4.26. The fourth-order valence-electron chi connectivity index (χ4n) is 4.20. The van der Waals surface area contributed by atoms with E-state index in [0.717, 1.165) is 54.4 Å². The van der Waals surface area contributed by atoms with E-state index in [4.69, 9.17) is 19.6 Å². The minimum Gasteiger partial charge on any atom is -0.289 e. The Morgan fingerprint density at radius 2 is 0.854 bits per heavy atom. The summed E-state index contributed by atoms with van der Waals surface area (Å²) in [6.07, 6.45) is 5.92. The summed E-state index contributed by atoms with van der Waals surface area (Å²) in [5.41, 5.74) is 4.65. The van der Waals surface area contributed by atoms with E-state index < -0.39 is 11.9 Å². The molecular weight excluding hydrogens is 516 g/mol. The quantitative estimate of drug-likeness (QED) is 0.0836. The molecule has 6 nitrogen and oxygen atoms in total. The average Bonchev–Trinajstić information content (AvgIpc) is 3.04. The van der Waals surface area contributed by atoms with E-state index in [-0.39, 0.29) is 6.29 Å². The zero-order chi connectivity index (χ0) is 28.7.